The molecule has 1 atom stereocenters. The molecule has 0 aliphatic carbocycles. The topological polar surface area (TPSA) is 82.1 Å². The van der Waals surface area contributed by atoms with Gasteiger partial charge in [-0.25, -0.2) is 4.39 Å². The molecule has 37 heavy (non-hydrogen) atoms. The van der Waals surface area contributed by atoms with Crippen LogP contribution in [0.15, 0.2) is 36.4 Å². The van der Waals surface area contributed by atoms with Crippen molar-refractivity contribution in [3.63, 3.8) is 0 Å². The molecule has 0 bridgehead atoms. The minimum atomic E-state index is -3.64. The van der Waals surface area contributed by atoms with Crippen LogP contribution in [0.25, 0.3) is 0 Å². The van der Waals surface area contributed by atoms with Gasteiger partial charge in [-0.3, -0.25) is 8.98 Å². The highest BCUT2D eigenvalue weighted by Gasteiger charge is 2.38. The lowest BCUT2D eigenvalue weighted by Crippen LogP contribution is -2.44. The number of carbonyl (C=O) groups is 1. The number of hydrogen-bond acceptors (Lipinski definition) is 6. The minimum Gasteiger partial charge on any atom is -0.490 e. The molecule has 0 N–H and O–H groups in total. The maximum Gasteiger partial charge on any atom is 0.264 e. The highest BCUT2D eigenvalue weighted by atomic mass is 35.5. The van der Waals surface area contributed by atoms with Crippen molar-refractivity contribution in [1.82, 2.24) is 4.90 Å². The third-order valence-electron chi connectivity index (χ3n) is 6.60. The zero-order valence-electron chi connectivity index (χ0n) is 21.6. The average Bonchev–Trinajstić information content (AvgIpc) is 3.06. The summed E-state index contributed by atoms with van der Waals surface area (Å²) in [6.07, 6.45) is 3.52. The van der Waals surface area contributed by atoms with Gasteiger partial charge in [0.1, 0.15) is 5.82 Å². The number of ether oxygens (including phenoxy) is 2. The number of carbonyl (C=O) groups excluding carboxylic acids is 1. The van der Waals surface area contributed by atoms with Crippen LogP contribution in [-0.4, -0.2) is 58.4 Å². The molecule has 0 aromatic heterocycles. The first-order valence-electron chi connectivity index (χ1n) is 12.5. The SMILES string of the molecule is CCOc1ccc([C@@]2(CCOS(C)(=O)=O)CCCCN(C(=O)Cc3c(F)cccc3Cl)C2)cc1OCC. The molecule has 1 saturated heterocycles. The number of likely N-dealkylation sites (tertiary alicyclic amines) is 1. The van der Waals surface area contributed by atoms with Crippen LogP contribution in [-0.2, 0) is 30.9 Å². The first kappa shape index (κ1) is 29.2. The van der Waals surface area contributed by atoms with E-state index in [1.165, 1.54) is 12.1 Å². The van der Waals surface area contributed by atoms with Gasteiger partial charge in [0.2, 0.25) is 5.91 Å². The predicted octanol–water partition coefficient (Wildman–Crippen LogP) is 5.14. The second-order valence-electron chi connectivity index (χ2n) is 9.23. The molecule has 204 valence electrons. The Hall–Kier alpha value is -2.36. The van der Waals surface area contributed by atoms with Gasteiger partial charge in [0.15, 0.2) is 11.5 Å². The summed E-state index contributed by atoms with van der Waals surface area (Å²) in [4.78, 5) is 15.1. The summed E-state index contributed by atoms with van der Waals surface area (Å²) in [6, 6.07) is 10.1. The van der Waals surface area contributed by atoms with Gasteiger partial charge in [-0.2, -0.15) is 8.42 Å². The third-order valence-corrected chi connectivity index (χ3v) is 7.55. The van der Waals surface area contributed by atoms with Gasteiger partial charge >= 0.3 is 0 Å². The van der Waals surface area contributed by atoms with Gasteiger partial charge in [0, 0.05) is 29.1 Å². The van der Waals surface area contributed by atoms with Gasteiger partial charge in [0.25, 0.3) is 10.1 Å². The van der Waals surface area contributed by atoms with Crippen LogP contribution in [0, 0.1) is 5.82 Å². The van der Waals surface area contributed by atoms with Crippen molar-refractivity contribution in [1.29, 1.82) is 0 Å². The first-order chi connectivity index (χ1) is 17.6. The smallest absolute Gasteiger partial charge is 0.264 e. The van der Waals surface area contributed by atoms with Crippen LogP contribution >= 0.6 is 11.6 Å². The van der Waals surface area contributed by atoms with E-state index >= 15 is 0 Å². The molecule has 2 aromatic rings. The summed E-state index contributed by atoms with van der Waals surface area (Å²) in [7, 11) is -3.64. The second kappa shape index (κ2) is 12.9. The Morgan fingerprint density at radius 2 is 1.84 bits per heavy atom. The highest BCUT2D eigenvalue weighted by molar-refractivity contribution is 7.85. The van der Waals surface area contributed by atoms with Crippen LogP contribution in [0.3, 0.4) is 0 Å². The van der Waals surface area contributed by atoms with E-state index in [9.17, 15) is 17.6 Å². The molecule has 1 heterocycles. The van der Waals surface area contributed by atoms with Crippen LogP contribution in [0.5, 0.6) is 11.5 Å². The summed E-state index contributed by atoms with van der Waals surface area (Å²) < 4.78 is 54.5. The van der Waals surface area contributed by atoms with E-state index in [0.717, 1.165) is 24.7 Å². The number of halogens is 2. The van der Waals surface area contributed by atoms with Gasteiger partial charge in [-0.1, -0.05) is 30.2 Å². The minimum absolute atomic E-state index is 0.0306. The third kappa shape index (κ3) is 7.82. The van der Waals surface area contributed by atoms with E-state index in [1.54, 1.807) is 11.0 Å². The molecule has 0 radical (unpaired) electrons. The normalized spacial score (nSPS) is 18.4. The Kier molecular flexibility index (Phi) is 10.2. The van der Waals surface area contributed by atoms with E-state index in [-0.39, 0.29) is 29.5 Å². The van der Waals surface area contributed by atoms with Gasteiger partial charge in [-0.15, -0.1) is 0 Å². The first-order valence-corrected chi connectivity index (χ1v) is 14.7. The van der Waals surface area contributed by atoms with Gasteiger partial charge < -0.3 is 14.4 Å². The summed E-state index contributed by atoms with van der Waals surface area (Å²) >= 11 is 6.19. The molecule has 1 aliphatic heterocycles. The van der Waals surface area contributed by atoms with Crippen LogP contribution in [0.4, 0.5) is 4.39 Å². The summed E-state index contributed by atoms with van der Waals surface area (Å²) in [5.41, 5.74) is 0.469. The van der Waals surface area contributed by atoms with Crippen molar-refractivity contribution >= 4 is 27.6 Å². The van der Waals surface area contributed by atoms with E-state index in [2.05, 4.69) is 0 Å². The molecule has 0 unspecified atom stereocenters. The molecule has 10 heteroatoms. The van der Waals surface area contributed by atoms with Crippen LogP contribution in [0.1, 0.15) is 50.7 Å². The van der Waals surface area contributed by atoms with Gasteiger partial charge in [-0.05, 0) is 62.9 Å². The molecule has 1 amide bonds. The Morgan fingerprint density at radius 3 is 2.51 bits per heavy atom. The zero-order valence-corrected chi connectivity index (χ0v) is 23.2. The lowest BCUT2D eigenvalue weighted by Gasteiger charge is -2.37. The van der Waals surface area contributed by atoms with E-state index in [0.29, 0.717) is 50.6 Å². The molecule has 0 saturated carbocycles. The molecule has 0 spiro atoms. The van der Waals surface area contributed by atoms with Crippen LogP contribution in [0.2, 0.25) is 5.02 Å². The van der Waals surface area contributed by atoms with Gasteiger partial charge in [0.05, 0.1) is 32.5 Å². The van der Waals surface area contributed by atoms with E-state index in [4.69, 9.17) is 25.3 Å². The zero-order chi connectivity index (χ0) is 27.1. The Balaban J connectivity index is 1.98. The van der Waals surface area contributed by atoms with E-state index in [1.807, 2.05) is 32.0 Å². The lowest BCUT2D eigenvalue weighted by molar-refractivity contribution is -0.131. The monoisotopic (exact) mass is 555 g/mol. The quantitative estimate of drug-likeness (QED) is 0.357. The molecule has 3 rings (SSSR count). The summed E-state index contributed by atoms with van der Waals surface area (Å²) in [5.74, 6) is 0.450. The second-order valence-corrected chi connectivity index (χ2v) is 11.3. The van der Waals surface area contributed by atoms with Crippen molar-refractivity contribution in [2.24, 2.45) is 0 Å². The fourth-order valence-electron chi connectivity index (χ4n) is 4.82. The number of nitrogens with zero attached hydrogens (tertiary/aromatic N) is 1. The fourth-order valence-corrected chi connectivity index (χ4v) is 5.44. The summed E-state index contributed by atoms with van der Waals surface area (Å²) in [6.45, 7) is 5.51. The highest BCUT2D eigenvalue weighted by Crippen LogP contribution is 2.41. The molecule has 1 fully saturated rings. The maximum absolute atomic E-state index is 14.4. The standard InChI is InChI=1S/C27H35ClFNO6S/c1-4-34-24-12-11-20(17-25(24)35-5-2)27(14-16-36-37(3,32)33)13-6-7-15-30(19-27)26(31)18-21-22(28)9-8-10-23(21)29/h8-12,17H,4-7,13-16,18-19H2,1-3H3/t27-/m1/s1. The van der Waals surface area contributed by atoms with Crippen molar-refractivity contribution in [2.45, 2.75) is 51.4 Å². The number of rotatable bonds is 11. The maximum atomic E-state index is 14.4. The largest absolute Gasteiger partial charge is 0.490 e. The number of benzene rings is 2. The predicted molar refractivity (Wildman–Crippen MR) is 141 cm³/mol. The molecular formula is C27H35ClFNO6S. The number of hydrogen-bond donors (Lipinski definition) is 0. The van der Waals surface area contributed by atoms with Crippen molar-refractivity contribution in [2.75, 3.05) is 39.2 Å². The van der Waals surface area contributed by atoms with Crippen molar-refractivity contribution < 1.29 is 31.3 Å². The molecular weight excluding hydrogens is 521 g/mol. The Labute approximate surface area is 224 Å². The molecule has 7 nitrogen and oxygen atoms in total. The van der Waals surface area contributed by atoms with Crippen molar-refractivity contribution in [3.8, 4) is 11.5 Å². The molecule has 2 aromatic carbocycles. The Bertz CT molecular complexity index is 1170. The van der Waals surface area contributed by atoms with E-state index < -0.39 is 21.4 Å². The van der Waals surface area contributed by atoms with Crippen LogP contribution < -0.4 is 9.47 Å². The lowest BCUT2D eigenvalue weighted by atomic mass is 9.74. The molecule has 1 aliphatic rings. The number of amides is 1. The Morgan fingerprint density at radius 1 is 1.11 bits per heavy atom. The summed E-state index contributed by atoms with van der Waals surface area (Å²) in [5, 5.41) is 0.212. The fraction of sp³-hybridized carbons (Fsp3) is 0.519. The average molecular weight is 556 g/mol. The van der Waals surface area contributed by atoms with Crippen molar-refractivity contribution in [3.05, 3.63) is 58.4 Å².